The second kappa shape index (κ2) is 18.0. The van der Waals surface area contributed by atoms with Gasteiger partial charge >= 0.3 is 11.9 Å². The third-order valence-corrected chi connectivity index (χ3v) is 5.88. The molecule has 1 unspecified atom stereocenters. The number of esters is 1. The summed E-state index contributed by atoms with van der Waals surface area (Å²) >= 11 is 0. The fourth-order valence-electron chi connectivity index (χ4n) is 3.25. The molecular formula is C23H43NO7S. The zero-order chi connectivity index (χ0) is 24.4. The van der Waals surface area contributed by atoms with Gasteiger partial charge < -0.3 is 14.9 Å². The van der Waals surface area contributed by atoms with Gasteiger partial charge in [-0.05, 0) is 12.3 Å². The highest BCUT2D eigenvalue weighted by Crippen LogP contribution is 2.15. The van der Waals surface area contributed by atoms with Crippen molar-refractivity contribution in [3.63, 3.8) is 0 Å². The lowest BCUT2D eigenvalue weighted by atomic mass is 10.00. The van der Waals surface area contributed by atoms with Crippen LogP contribution in [0.4, 0.5) is 0 Å². The number of allylic oxidation sites excluding steroid dienone is 1. The van der Waals surface area contributed by atoms with Crippen LogP contribution in [0.2, 0.25) is 0 Å². The summed E-state index contributed by atoms with van der Waals surface area (Å²) in [6.07, 6.45) is 14.8. The molecule has 9 heteroatoms. The number of carbonyl (C=O) groups is 2. The molecule has 8 nitrogen and oxygen atoms in total. The molecule has 0 aliphatic heterocycles. The van der Waals surface area contributed by atoms with Crippen molar-refractivity contribution in [3.05, 3.63) is 12.2 Å². The molecule has 32 heavy (non-hydrogen) atoms. The number of aliphatic hydroxyl groups is 1. The number of aliphatic carboxylic acids is 1. The zero-order valence-corrected chi connectivity index (χ0v) is 20.7. The van der Waals surface area contributed by atoms with E-state index < -0.39 is 34.1 Å². The molecule has 0 aromatic heterocycles. The molecule has 0 aromatic rings. The molecule has 0 saturated carbocycles. The van der Waals surface area contributed by atoms with Crippen molar-refractivity contribution in [3.8, 4) is 0 Å². The van der Waals surface area contributed by atoms with E-state index in [1.807, 2.05) is 13.0 Å². The van der Waals surface area contributed by atoms with Gasteiger partial charge in [-0.2, -0.15) is 0 Å². The van der Waals surface area contributed by atoms with Gasteiger partial charge in [-0.25, -0.2) is 13.1 Å². The van der Waals surface area contributed by atoms with E-state index in [9.17, 15) is 23.1 Å². The molecule has 3 N–H and O–H groups in total. The number of carboxylic acid groups (broad SMARTS) is 1. The molecule has 0 rings (SSSR count). The van der Waals surface area contributed by atoms with E-state index in [0.29, 0.717) is 0 Å². The largest absolute Gasteiger partial charge is 0.481 e. The molecule has 0 heterocycles. The van der Waals surface area contributed by atoms with Crippen LogP contribution in [-0.2, 0) is 24.3 Å². The molecule has 0 aliphatic rings. The number of unbranched alkanes of at least 4 members (excludes halogenated alkanes) is 8. The minimum Gasteiger partial charge on any atom is -0.481 e. The van der Waals surface area contributed by atoms with E-state index in [-0.39, 0.29) is 25.4 Å². The van der Waals surface area contributed by atoms with E-state index >= 15 is 0 Å². The van der Waals surface area contributed by atoms with Crippen LogP contribution in [0.3, 0.4) is 0 Å². The maximum atomic E-state index is 11.6. The monoisotopic (exact) mass is 477 g/mol. The van der Waals surface area contributed by atoms with Gasteiger partial charge in [0.1, 0.15) is 6.61 Å². The summed E-state index contributed by atoms with van der Waals surface area (Å²) in [6.45, 7) is 3.87. The van der Waals surface area contributed by atoms with Crippen LogP contribution in [-0.4, -0.2) is 55.6 Å². The highest BCUT2D eigenvalue weighted by molar-refractivity contribution is 7.88. The van der Waals surface area contributed by atoms with E-state index in [1.54, 1.807) is 0 Å². The highest BCUT2D eigenvalue weighted by Gasteiger charge is 2.23. The predicted molar refractivity (Wildman–Crippen MR) is 126 cm³/mol. The molecule has 0 saturated heterocycles. The first kappa shape index (κ1) is 30.6. The second-order valence-electron chi connectivity index (χ2n) is 8.54. The molecular weight excluding hydrogens is 434 g/mol. The first-order chi connectivity index (χ1) is 15.0. The SMILES string of the molecule is CCCCCCCCCCCC(C)/C=C/[C@@H](O)[C@H](COC(=O)CCC(=O)O)NS(C)(=O)=O. The van der Waals surface area contributed by atoms with Gasteiger partial charge in [-0.1, -0.05) is 83.8 Å². The Kier molecular flexibility index (Phi) is 17.2. The van der Waals surface area contributed by atoms with Crippen molar-refractivity contribution >= 4 is 22.0 Å². The number of hydrogen-bond acceptors (Lipinski definition) is 6. The second-order valence-corrected chi connectivity index (χ2v) is 10.3. The van der Waals surface area contributed by atoms with Gasteiger partial charge in [0.2, 0.25) is 10.0 Å². The zero-order valence-electron chi connectivity index (χ0n) is 19.9. The smallest absolute Gasteiger partial charge is 0.306 e. The van der Waals surface area contributed by atoms with Crippen molar-refractivity contribution in [1.29, 1.82) is 0 Å². The van der Waals surface area contributed by atoms with Crippen LogP contribution in [0.25, 0.3) is 0 Å². The Morgan fingerprint density at radius 3 is 2.06 bits per heavy atom. The highest BCUT2D eigenvalue weighted by atomic mass is 32.2. The Bertz CT molecular complexity index is 649. The third kappa shape index (κ3) is 19.3. The molecule has 0 radical (unpaired) electrons. The maximum absolute atomic E-state index is 11.6. The number of ether oxygens (including phenoxy) is 1. The lowest BCUT2D eigenvalue weighted by Gasteiger charge is -2.21. The Hall–Kier alpha value is -1.45. The summed E-state index contributed by atoms with van der Waals surface area (Å²) in [5, 5.41) is 19.0. The summed E-state index contributed by atoms with van der Waals surface area (Å²) in [6, 6.07) is -1.05. The number of rotatable bonds is 20. The molecule has 0 aliphatic carbocycles. The molecule has 0 spiro atoms. The third-order valence-electron chi connectivity index (χ3n) is 5.14. The topological polar surface area (TPSA) is 130 Å². The molecule has 0 aromatic carbocycles. The number of nitrogens with one attached hydrogen (secondary N) is 1. The van der Waals surface area contributed by atoms with E-state index in [2.05, 4.69) is 11.6 Å². The van der Waals surface area contributed by atoms with Crippen LogP contribution >= 0.6 is 0 Å². The maximum Gasteiger partial charge on any atom is 0.306 e. The van der Waals surface area contributed by atoms with Crippen molar-refractivity contribution in [1.82, 2.24) is 4.72 Å². The van der Waals surface area contributed by atoms with Crippen molar-refractivity contribution in [2.75, 3.05) is 12.9 Å². The Balaban J connectivity index is 4.36. The van der Waals surface area contributed by atoms with Gasteiger partial charge in [0.25, 0.3) is 0 Å². The van der Waals surface area contributed by atoms with E-state index in [1.165, 1.54) is 57.4 Å². The van der Waals surface area contributed by atoms with Gasteiger partial charge in [-0.3, -0.25) is 9.59 Å². The molecule has 3 atom stereocenters. The van der Waals surface area contributed by atoms with E-state index in [4.69, 9.17) is 9.84 Å². The van der Waals surface area contributed by atoms with Gasteiger partial charge in [0.05, 0.1) is 31.2 Å². The number of sulfonamides is 1. The summed E-state index contributed by atoms with van der Waals surface area (Å²) in [4.78, 5) is 22.1. The summed E-state index contributed by atoms with van der Waals surface area (Å²) in [7, 11) is -3.64. The van der Waals surface area contributed by atoms with Crippen molar-refractivity contribution < 1.29 is 33.0 Å². The molecule has 0 fully saturated rings. The lowest BCUT2D eigenvalue weighted by molar-refractivity contribution is -0.148. The van der Waals surface area contributed by atoms with E-state index in [0.717, 1.165) is 19.1 Å². The van der Waals surface area contributed by atoms with Crippen LogP contribution in [0.15, 0.2) is 12.2 Å². The number of hydrogen-bond donors (Lipinski definition) is 3. The normalized spacial score (nSPS) is 14.9. The van der Waals surface area contributed by atoms with Crippen LogP contribution in [0, 0.1) is 5.92 Å². The molecule has 0 bridgehead atoms. The van der Waals surface area contributed by atoms with Crippen molar-refractivity contribution in [2.45, 2.75) is 103 Å². The average molecular weight is 478 g/mol. The number of carbonyl (C=O) groups excluding carboxylic acids is 1. The fraction of sp³-hybridized carbons (Fsp3) is 0.826. The Morgan fingerprint density at radius 2 is 1.53 bits per heavy atom. The first-order valence-electron chi connectivity index (χ1n) is 11.8. The number of aliphatic hydroxyl groups excluding tert-OH is 1. The van der Waals surface area contributed by atoms with Crippen molar-refractivity contribution in [2.24, 2.45) is 5.92 Å². The summed E-state index contributed by atoms with van der Waals surface area (Å²) < 4.78 is 30.4. The lowest BCUT2D eigenvalue weighted by Crippen LogP contribution is -2.45. The van der Waals surface area contributed by atoms with Gasteiger partial charge in [0.15, 0.2) is 0 Å². The summed E-state index contributed by atoms with van der Waals surface area (Å²) in [5.74, 6) is -1.66. The number of carboxylic acids is 1. The average Bonchev–Trinajstić information content (AvgIpc) is 2.71. The fourth-order valence-corrected chi connectivity index (χ4v) is 4.01. The minimum absolute atomic E-state index is 0.228. The standard InChI is InChI=1S/C23H43NO7S/c1-4-5-6-7-8-9-10-11-12-13-19(2)14-15-21(25)20(24-32(3,29)30)18-31-23(28)17-16-22(26)27/h14-15,19-21,24-25H,4-13,16-18H2,1-3H3,(H,26,27)/b15-14+/t19?,20-,21+/m0/s1. The Labute approximate surface area is 193 Å². The molecule has 0 amide bonds. The van der Waals surface area contributed by atoms with Crippen LogP contribution in [0.1, 0.15) is 90.9 Å². The predicted octanol–water partition coefficient (Wildman–Crippen LogP) is 3.79. The van der Waals surface area contributed by atoms with Gasteiger partial charge in [0, 0.05) is 0 Å². The van der Waals surface area contributed by atoms with Crippen LogP contribution < -0.4 is 4.72 Å². The summed E-state index contributed by atoms with van der Waals surface area (Å²) in [5.41, 5.74) is 0. The van der Waals surface area contributed by atoms with Gasteiger partial charge in [-0.15, -0.1) is 0 Å². The minimum atomic E-state index is -3.64. The first-order valence-corrected chi connectivity index (χ1v) is 13.7. The van der Waals surface area contributed by atoms with Crippen LogP contribution in [0.5, 0.6) is 0 Å². The molecule has 188 valence electrons. The quantitative estimate of drug-likeness (QED) is 0.138. The Morgan fingerprint density at radius 1 is 0.969 bits per heavy atom.